The Hall–Kier alpha value is -2.64. The fourth-order valence-electron chi connectivity index (χ4n) is 2.96. The van der Waals surface area contributed by atoms with Crippen LogP contribution < -0.4 is 4.90 Å². The van der Waals surface area contributed by atoms with Crippen molar-refractivity contribution in [2.24, 2.45) is 0 Å². The molecule has 0 amide bonds. The van der Waals surface area contributed by atoms with E-state index in [1.165, 1.54) is 19.2 Å². The zero-order chi connectivity index (χ0) is 18.7. The number of morpholine rings is 1. The summed E-state index contributed by atoms with van der Waals surface area (Å²) in [4.78, 5) is 24.5. The lowest BCUT2D eigenvalue weighted by Gasteiger charge is -2.35. The number of esters is 1. The van der Waals surface area contributed by atoms with E-state index >= 15 is 0 Å². The van der Waals surface area contributed by atoms with Gasteiger partial charge in [0.15, 0.2) is 0 Å². The van der Waals surface area contributed by atoms with Crippen molar-refractivity contribution in [3.05, 3.63) is 68.7 Å². The molecule has 0 spiro atoms. The molecule has 1 atom stereocenters. The Bertz CT molecular complexity index is 842. The predicted octanol–water partition coefficient (Wildman–Crippen LogP) is 3.61. The van der Waals surface area contributed by atoms with Crippen LogP contribution in [0, 0.1) is 10.1 Å². The number of nitrogens with zero attached hydrogens (tertiary/aromatic N) is 2. The van der Waals surface area contributed by atoms with E-state index in [1.54, 1.807) is 12.1 Å². The summed E-state index contributed by atoms with van der Waals surface area (Å²) in [6.45, 7) is 1.59. The Morgan fingerprint density at radius 1 is 1.35 bits per heavy atom. The number of halogens is 1. The largest absolute Gasteiger partial charge is 0.465 e. The van der Waals surface area contributed by atoms with E-state index in [0.717, 1.165) is 5.56 Å². The molecule has 136 valence electrons. The van der Waals surface area contributed by atoms with Gasteiger partial charge in [-0.2, -0.15) is 0 Å². The topological polar surface area (TPSA) is 81.9 Å². The smallest absolute Gasteiger partial charge is 0.344 e. The van der Waals surface area contributed by atoms with Crippen molar-refractivity contribution in [1.29, 1.82) is 0 Å². The maximum atomic E-state index is 11.9. The first kappa shape index (κ1) is 18.2. The highest BCUT2D eigenvalue weighted by Crippen LogP contribution is 2.32. The summed E-state index contributed by atoms with van der Waals surface area (Å²) >= 11 is 6.26. The van der Waals surface area contributed by atoms with Gasteiger partial charge >= 0.3 is 5.97 Å². The Morgan fingerprint density at radius 2 is 2.12 bits per heavy atom. The molecule has 1 saturated heterocycles. The molecule has 3 rings (SSSR count). The average molecular weight is 377 g/mol. The van der Waals surface area contributed by atoms with Crippen molar-refractivity contribution in [1.82, 2.24) is 0 Å². The van der Waals surface area contributed by atoms with Gasteiger partial charge in [-0.3, -0.25) is 10.1 Å². The zero-order valence-corrected chi connectivity index (χ0v) is 14.8. The van der Waals surface area contributed by atoms with Gasteiger partial charge in [0.05, 0.1) is 18.6 Å². The maximum absolute atomic E-state index is 11.9. The van der Waals surface area contributed by atoms with Crippen LogP contribution in [0.1, 0.15) is 22.0 Å². The lowest BCUT2D eigenvalue weighted by atomic mass is 10.1. The monoisotopic (exact) mass is 376 g/mol. The van der Waals surface area contributed by atoms with Gasteiger partial charge in [0, 0.05) is 35.4 Å². The molecule has 8 heteroatoms. The van der Waals surface area contributed by atoms with E-state index in [1.807, 2.05) is 23.1 Å². The predicted molar refractivity (Wildman–Crippen MR) is 96.8 cm³/mol. The molecule has 1 heterocycles. The highest BCUT2D eigenvalue weighted by atomic mass is 35.5. The molecule has 0 aromatic heterocycles. The van der Waals surface area contributed by atoms with Crippen LogP contribution >= 0.6 is 11.6 Å². The van der Waals surface area contributed by atoms with E-state index < -0.39 is 10.9 Å². The Labute approximate surface area is 155 Å². The number of carbonyl (C=O) groups excluding carboxylic acids is 1. The van der Waals surface area contributed by atoms with E-state index in [9.17, 15) is 14.9 Å². The molecule has 0 bridgehead atoms. The average Bonchev–Trinajstić information content (AvgIpc) is 2.67. The van der Waals surface area contributed by atoms with Crippen LogP contribution in [0.4, 0.5) is 11.4 Å². The quantitative estimate of drug-likeness (QED) is 0.460. The van der Waals surface area contributed by atoms with Gasteiger partial charge in [-0.15, -0.1) is 0 Å². The summed E-state index contributed by atoms with van der Waals surface area (Å²) < 4.78 is 10.5. The fraction of sp³-hybridized carbons (Fsp3) is 0.278. The zero-order valence-electron chi connectivity index (χ0n) is 14.1. The van der Waals surface area contributed by atoms with Gasteiger partial charge in [0.1, 0.15) is 11.7 Å². The number of rotatable bonds is 4. The highest BCUT2D eigenvalue weighted by Gasteiger charge is 2.27. The van der Waals surface area contributed by atoms with Crippen molar-refractivity contribution in [2.75, 3.05) is 31.7 Å². The van der Waals surface area contributed by atoms with Gasteiger partial charge in [0.2, 0.25) is 0 Å². The minimum atomic E-state index is -0.741. The molecule has 1 fully saturated rings. The fourth-order valence-corrected chi connectivity index (χ4v) is 3.22. The van der Waals surface area contributed by atoms with Crippen LogP contribution in [0.2, 0.25) is 5.02 Å². The second kappa shape index (κ2) is 7.72. The first-order chi connectivity index (χ1) is 12.5. The van der Waals surface area contributed by atoms with E-state index in [4.69, 9.17) is 16.3 Å². The summed E-state index contributed by atoms with van der Waals surface area (Å²) in [5, 5.41) is 11.8. The number of methoxy groups -OCH3 is 1. The number of hydrogen-bond acceptors (Lipinski definition) is 6. The molecule has 26 heavy (non-hydrogen) atoms. The van der Waals surface area contributed by atoms with Crippen molar-refractivity contribution in [3.63, 3.8) is 0 Å². The number of nitro groups is 1. The van der Waals surface area contributed by atoms with Gasteiger partial charge in [0.25, 0.3) is 5.69 Å². The van der Waals surface area contributed by atoms with Gasteiger partial charge in [-0.1, -0.05) is 29.8 Å². The number of carbonyl (C=O) groups is 1. The molecule has 7 nitrogen and oxygen atoms in total. The number of ether oxygens (including phenoxy) is 2. The minimum Gasteiger partial charge on any atom is -0.465 e. The van der Waals surface area contributed by atoms with E-state index in [2.05, 4.69) is 4.74 Å². The van der Waals surface area contributed by atoms with Crippen molar-refractivity contribution >= 4 is 28.9 Å². The summed E-state index contributed by atoms with van der Waals surface area (Å²) in [5.74, 6) is -0.741. The lowest BCUT2D eigenvalue weighted by Crippen LogP contribution is -2.38. The third-order valence-corrected chi connectivity index (χ3v) is 4.61. The summed E-state index contributed by atoms with van der Waals surface area (Å²) in [7, 11) is 1.20. The first-order valence-electron chi connectivity index (χ1n) is 7.99. The van der Waals surface area contributed by atoms with Crippen LogP contribution in [0.3, 0.4) is 0 Å². The number of nitro benzene ring substituents is 1. The van der Waals surface area contributed by atoms with Crippen molar-refractivity contribution < 1.29 is 19.2 Å². The maximum Gasteiger partial charge on any atom is 0.344 e. The molecular weight excluding hydrogens is 360 g/mol. The van der Waals surface area contributed by atoms with Crippen LogP contribution in [-0.2, 0) is 9.47 Å². The Kier molecular flexibility index (Phi) is 5.39. The van der Waals surface area contributed by atoms with Gasteiger partial charge in [-0.25, -0.2) is 4.79 Å². The molecule has 0 radical (unpaired) electrons. The van der Waals surface area contributed by atoms with Crippen LogP contribution in [0.25, 0.3) is 0 Å². The molecule has 2 aromatic carbocycles. The number of hydrogen-bond donors (Lipinski definition) is 0. The third kappa shape index (κ3) is 3.63. The molecule has 1 unspecified atom stereocenters. The molecular formula is C18H17ClN2O5. The summed E-state index contributed by atoms with van der Waals surface area (Å²) in [6, 6.07) is 11.9. The number of benzene rings is 2. The summed E-state index contributed by atoms with van der Waals surface area (Å²) in [5.41, 5.74) is 1.22. The third-order valence-electron chi connectivity index (χ3n) is 4.27. The molecule has 0 N–H and O–H groups in total. The lowest BCUT2D eigenvalue weighted by molar-refractivity contribution is -0.385. The molecule has 1 aliphatic heterocycles. The molecule has 0 saturated carbocycles. The van der Waals surface area contributed by atoms with Crippen molar-refractivity contribution in [3.8, 4) is 0 Å². The van der Waals surface area contributed by atoms with Crippen LogP contribution in [0.5, 0.6) is 0 Å². The molecule has 0 aliphatic carbocycles. The number of anilines is 1. The minimum absolute atomic E-state index is 0.0733. The molecule has 1 aliphatic rings. The Morgan fingerprint density at radius 3 is 2.81 bits per heavy atom. The molecule has 2 aromatic rings. The normalized spacial score (nSPS) is 17.0. The Balaban J connectivity index is 1.90. The van der Waals surface area contributed by atoms with Gasteiger partial charge < -0.3 is 14.4 Å². The highest BCUT2D eigenvalue weighted by molar-refractivity contribution is 6.31. The standard InChI is InChI=1S/C18H17ClN2O5/c1-25-18(22)14-10-12(6-7-16(14)21(23)24)20-8-9-26-17(11-20)13-4-2-3-5-15(13)19/h2-7,10,17H,8-9,11H2,1H3. The second-order valence-electron chi connectivity index (χ2n) is 5.78. The first-order valence-corrected chi connectivity index (χ1v) is 8.36. The SMILES string of the molecule is COC(=O)c1cc(N2CCOC(c3ccccc3Cl)C2)ccc1[N+](=O)[O-]. The van der Waals surface area contributed by atoms with E-state index in [0.29, 0.717) is 30.4 Å². The summed E-state index contributed by atoms with van der Waals surface area (Å²) in [6.07, 6.45) is -0.228. The van der Waals surface area contributed by atoms with Crippen LogP contribution in [0.15, 0.2) is 42.5 Å². The van der Waals surface area contributed by atoms with Crippen molar-refractivity contribution in [2.45, 2.75) is 6.10 Å². The van der Waals surface area contributed by atoms with E-state index in [-0.39, 0.29) is 17.4 Å². The van der Waals surface area contributed by atoms with Gasteiger partial charge in [-0.05, 0) is 18.2 Å². The van der Waals surface area contributed by atoms with Crippen LogP contribution in [-0.4, -0.2) is 37.7 Å². The second-order valence-corrected chi connectivity index (χ2v) is 6.18.